The number of nitrogens with zero attached hydrogens (tertiary/aromatic N) is 4. The maximum Gasteiger partial charge on any atom is 0.165 e. The Balaban J connectivity index is 1.59. The Morgan fingerprint density at radius 2 is 2.22 bits per heavy atom. The van der Waals surface area contributed by atoms with Crippen LogP contribution in [0.5, 0.6) is 0 Å². The van der Waals surface area contributed by atoms with E-state index in [4.69, 9.17) is 0 Å². The van der Waals surface area contributed by atoms with Crippen molar-refractivity contribution in [2.75, 3.05) is 31.5 Å². The summed E-state index contributed by atoms with van der Waals surface area (Å²) < 4.78 is 0. The van der Waals surface area contributed by atoms with Crippen molar-refractivity contribution in [2.45, 2.75) is 39.2 Å². The summed E-state index contributed by atoms with van der Waals surface area (Å²) in [6.07, 6.45) is 4.47. The minimum atomic E-state index is -0.153. The Hall–Kier alpha value is -1.79. The number of aliphatic hydroxyl groups is 1. The normalized spacial score (nSPS) is 19.2. The molecule has 2 N–H and O–H groups in total. The number of hydrogen-bond donors (Lipinski definition) is 2. The van der Waals surface area contributed by atoms with Crippen LogP contribution in [0.3, 0.4) is 0 Å². The fourth-order valence-corrected chi connectivity index (χ4v) is 3.29. The summed E-state index contributed by atoms with van der Waals surface area (Å²) in [6, 6.07) is 2.06. The SMILES string of the molecule is Cc1cc(C)c2c(NCCCN3CCCC(O)C3)ncnc2n1. The highest BCUT2D eigenvalue weighted by atomic mass is 16.3. The first-order valence-electron chi connectivity index (χ1n) is 8.37. The first-order valence-corrected chi connectivity index (χ1v) is 8.37. The third-order valence-corrected chi connectivity index (χ3v) is 4.35. The molecular weight excluding hydrogens is 290 g/mol. The maximum atomic E-state index is 9.70. The molecule has 0 bridgehead atoms. The van der Waals surface area contributed by atoms with Crippen LogP contribution in [0.4, 0.5) is 5.82 Å². The number of likely N-dealkylation sites (tertiary alicyclic amines) is 1. The van der Waals surface area contributed by atoms with Gasteiger partial charge in [0.05, 0.1) is 11.5 Å². The number of hydrogen-bond acceptors (Lipinski definition) is 6. The molecule has 124 valence electrons. The van der Waals surface area contributed by atoms with Crippen LogP contribution in [-0.2, 0) is 0 Å². The van der Waals surface area contributed by atoms with Crippen molar-refractivity contribution in [1.82, 2.24) is 19.9 Å². The predicted molar refractivity (Wildman–Crippen MR) is 91.6 cm³/mol. The van der Waals surface area contributed by atoms with Crippen LogP contribution in [0.15, 0.2) is 12.4 Å². The number of piperidine rings is 1. The fraction of sp³-hybridized carbons (Fsp3) is 0.588. The minimum Gasteiger partial charge on any atom is -0.392 e. The van der Waals surface area contributed by atoms with Crippen molar-refractivity contribution in [3.63, 3.8) is 0 Å². The zero-order valence-electron chi connectivity index (χ0n) is 13.9. The van der Waals surface area contributed by atoms with Crippen LogP contribution in [-0.4, -0.2) is 57.2 Å². The lowest BCUT2D eigenvalue weighted by Gasteiger charge is -2.29. The van der Waals surface area contributed by atoms with Gasteiger partial charge in [0.2, 0.25) is 0 Å². The second kappa shape index (κ2) is 7.19. The minimum absolute atomic E-state index is 0.153. The van der Waals surface area contributed by atoms with Crippen LogP contribution in [0, 0.1) is 13.8 Å². The summed E-state index contributed by atoms with van der Waals surface area (Å²) in [5.74, 6) is 0.860. The van der Waals surface area contributed by atoms with Crippen molar-refractivity contribution in [3.8, 4) is 0 Å². The first-order chi connectivity index (χ1) is 11.1. The number of nitrogens with one attached hydrogen (secondary N) is 1. The lowest BCUT2D eigenvalue weighted by molar-refractivity contribution is 0.0706. The lowest BCUT2D eigenvalue weighted by Crippen LogP contribution is -2.39. The van der Waals surface area contributed by atoms with E-state index in [2.05, 4.69) is 38.2 Å². The fourth-order valence-electron chi connectivity index (χ4n) is 3.29. The molecule has 0 amide bonds. The van der Waals surface area contributed by atoms with E-state index in [1.165, 1.54) is 0 Å². The molecular formula is C17H25N5O. The predicted octanol–water partition coefficient (Wildman–Crippen LogP) is 1.90. The summed E-state index contributed by atoms with van der Waals surface area (Å²) in [7, 11) is 0. The molecule has 1 aliphatic rings. The summed E-state index contributed by atoms with van der Waals surface area (Å²) in [4.78, 5) is 15.5. The number of rotatable bonds is 5. The number of aliphatic hydroxyl groups excluding tert-OH is 1. The topological polar surface area (TPSA) is 74.2 Å². The Kier molecular flexibility index (Phi) is 5.03. The third kappa shape index (κ3) is 3.95. The van der Waals surface area contributed by atoms with Gasteiger partial charge in [-0.1, -0.05) is 0 Å². The molecule has 0 radical (unpaired) electrons. The van der Waals surface area contributed by atoms with E-state index in [1.807, 2.05) is 6.92 Å². The quantitative estimate of drug-likeness (QED) is 0.821. The van der Waals surface area contributed by atoms with E-state index >= 15 is 0 Å². The van der Waals surface area contributed by atoms with Crippen molar-refractivity contribution < 1.29 is 5.11 Å². The molecule has 2 aromatic heterocycles. The molecule has 0 aromatic carbocycles. The largest absolute Gasteiger partial charge is 0.392 e. The highest BCUT2D eigenvalue weighted by Gasteiger charge is 2.16. The van der Waals surface area contributed by atoms with Gasteiger partial charge in [0.25, 0.3) is 0 Å². The van der Waals surface area contributed by atoms with Crippen molar-refractivity contribution in [1.29, 1.82) is 0 Å². The number of aromatic nitrogens is 3. The van der Waals surface area contributed by atoms with Gasteiger partial charge in [0.15, 0.2) is 5.65 Å². The lowest BCUT2D eigenvalue weighted by atomic mass is 10.1. The molecule has 1 atom stereocenters. The molecule has 6 heteroatoms. The van der Waals surface area contributed by atoms with Gasteiger partial charge in [0, 0.05) is 18.8 Å². The molecule has 3 heterocycles. The Bertz CT molecular complexity index is 675. The van der Waals surface area contributed by atoms with Gasteiger partial charge in [-0.25, -0.2) is 15.0 Å². The van der Waals surface area contributed by atoms with Gasteiger partial charge in [-0.3, -0.25) is 0 Å². The first kappa shape index (κ1) is 16.1. The Labute approximate surface area is 137 Å². The zero-order chi connectivity index (χ0) is 16.2. The molecule has 6 nitrogen and oxygen atoms in total. The number of fused-ring (bicyclic) bond motifs is 1. The van der Waals surface area contributed by atoms with Gasteiger partial charge in [-0.15, -0.1) is 0 Å². The van der Waals surface area contributed by atoms with Crippen molar-refractivity contribution in [2.24, 2.45) is 0 Å². The van der Waals surface area contributed by atoms with E-state index < -0.39 is 0 Å². The molecule has 0 spiro atoms. The summed E-state index contributed by atoms with van der Waals surface area (Å²) in [5.41, 5.74) is 2.87. The average Bonchev–Trinajstić information content (AvgIpc) is 2.51. The Morgan fingerprint density at radius 3 is 3.04 bits per heavy atom. The smallest absolute Gasteiger partial charge is 0.165 e. The second-order valence-electron chi connectivity index (χ2n) is 6.38. The standard InChI is InChI=1S/C17H25N5O/c1-12-9-13(2)21-17-15(12)16(19-11-20-17)18-6-4-8-22-7-3-5-14(23)10-22/h9,11,14,23H,3-8,10H2,1-2H3,(H,18,19,20,21). The van der Waals surface area contributed by atoms with E-state index in [-0.39, 0.29) is 6.10 Å². The van der Waals surface area contributed by atoms with E-state index in [1.54, 1.807) is 6.33 Å². The number of β-amino-alcohol motifs (C(OH)–C–C–N with tert-alkyl or cyclic N) is 1. The molecule has 0 aliphatic carbocycles. The number of pyridine rings is 1. The van der Waals surface area contributed by atoms with Crippen LogP contribution >= 0.6 is 0 Å². The second-order valence-corrected chi connectivity index (χ2v) is 6.38. The average molecular weight is 315 g/mol. The Morgan fingerprint density at radius 1 is 1.35 bits per heavy atom. The van der Waals surface area contributed by atoms with Gasteiger partial charge < -0.3 is 15.3 Å². The zero-order valence-corrected chi connectivity index (χ0v) is 13.9. The van der Waals surface area contributed by atoms with E-state index in [0.29, 0.717) is 0 Å². The maximum absolute atomic E-state index is 9.70. The third-order valence-electron chi connectivity index (χ3n) is 4.35. The highest BCUT2D eigenvalue weighted by molar-refractivity contribution is 5.89. The van der Waals surface area contributed by atoms with Gasteiger partial charge >= 0.3 is 0 Å². The van der Waals surface area contributed by atoms with Crippen molar-refractivity contribution >= 4 is 16.9 Å². The number of aryl methyl sites for hydroxylation is 2. The monoisotopic (exact) mass is 315 g/mol. The van der Waals surface area contributed by atoms with Crippen LogP contribution < -0.4 is 5.32 Å². The molecule has 2 aromatic rings. The van der Waals surface area contributed by atoms with E-state index in [0.717, 1.165) is 73.6 Å². The summed E-state index contributed by atoms with van der Waals surface area (Å²) in [6.45, 7) is 7.80. The van der Waals surface area contributed by atoms with Crippen LogP contribution in [0.25, 0.3) is 11.0 Å². The highest BCUT2D eigenvalue weighted by Crippen LogP contribution is 2.22. The van der Waals surface area contributed by atoms with Crippen molar-refractivity contribution in [3.05, 3.63) is 23.7 Å². The van der Waals surface area contributed by atoms with Crippen LogP contribution in [0.1, 0.15) is 30.5 Å². The molecule has 1 saturated heterocycles. The van der Waals surface area contributed by atoms with Crippen LogP contribution in [0.2, 0.25) is 0 Å². The molecule has 1 aliphatic heterocycles. The van der Waals surface area contributed by atoms with Gasteiger partial charge in [-0.05, 0) is 57.8 Å². The molecule has 0 saturated carbocycles. The summed E-state index contributed by atoms with van der Waals surface area (Å²) in [5, 5.41) is 14.1. The van der Waals surface area contributed by atoms with Gasteiger partial charge in [-0.2, -0.15) is 0 Å². The number of anilines is 1. The molecule has 23 heavy (non-hydrogen) atoms. The van der Waals surface area contributed by atoms with E-state index in [9.17, 15) is 5.11 Å². The van der Waals surface area contributed by atoms with Gasteiger partial charge in [0.1, 0.15) is 12.1 Å². The molecule has 3 rings (SSSR count). The summed E-state index contributed by atoms with van der Waals surface area (Å²) >= 11 is 0. The molecule has 1 fully saturated rings. The molecule has 1 unspecified atom stereocenters.